The lowest BCUT2D eigenvalue weighted by molar-refractivity contribution is -0.148. The lowest BCUT2D eigenvalue weighted by Gasteiger charge is -2.34. The fraction of sp³-hybridized carbons (Fsp3) is 0.909. The number of hydrazine groups is 1. The number of nitrogens with two attached hydrogens (primary N) is 1. The largest absolute Gasteiger partial charge is 0.330 e. The highest BCUT2D eigenvalue weighted by Gasteiger charge is 2.17. The molecule has 0 spiro atoms. The van der Waals surface area contributed by atoms with Crippen LogP contribution in [-0.2, 0) is 4.79 Å². The van der Waals surface area contributed by atoms with Crippen LogP contribution in [0, 0.1) is 0 Å². The molecule has 0 aromatic carbocycles. The van der Waals surface area contributed by atoms with Crippen LogP contribution in [0.3, 0.4) is 0 Å². The van der Waals surface area contributed by atoms with E-state index in [0.29, 0.717) is 13.0 Å². The summed E-state index contributed by atoms with van der Waals surface area (Å²) in [4.78, 5) is 11.8. The molecule has 0 radical (unpaired) electrons. The van der Waals surface area contributed by atoms with Gasteiger partial charge in [-0.05, 0) is 12.8 Å². The van der Waals surface area contributed by atoms with E-state index < -0.39 is 0 Å². The molecule has 2 N–H and O–H groups in total. The van der Waals surface area contributed by atoms with Gasteiger partial charge in [-0.1, -0.05) is 20.8 Å². The normalized spacial score (nSPS) is 10.7. The number of nitrogens with zero attached hydrogens (tertiary/aromatic N) is 2. The summed E-state index contributed by atoms with van der Waals surface area (Å²) >= 11 is 0. The van der Waals surface area contributed by atoms with E-state index in [1.165, 1.54) is 0 Å². The second kappa shape index (κ2) is 8.68. The lowest BCUT2D eigenvalue weighted by atomic mass is 10.3. The van der Waals surface area contributed by atoms with Crippen LogP contribution in [0.4, 0.5) is 0 Å². The first kappa shape index (κ1) is 14.4. The summed E-state index contributed by atoms with van der Waals surface area (Å²) in [5, 5.41) is 3.97. The van der Waals surface area contributed by atoms with Crippen LogP contribution < -0.4 is 5.73 Å². The third kappa shape index (κ3) is 5.14. The minimum atomic E-state index is 0.148. The molecule has 4 nitrogen and oxygen atoms in total. The second-order valence-corrected chi connectivity index (χ2v) is 3.60. The van der Waals surface area contributed by atoms with E-state index in [2.05, 4.69) is 25.8 Å². The minimum Gasteiger partial charge on any atom is -0.330 e. The maximum absolute atomic E-state index is 11.8. The molecular formula is C11H25N3O. The topological polar surface area (TPSA) is 49.6 Å². The van der Waals surface area contributed by atoms with Crippen LogP contribution in [0.2, 0.25) is 0 Å². The summed E-state index contributed by atoms with van der Waals surface area (Å²) in [6.07, 6.45) is 2.49. The van der Waals surface area contributed by atoms with Gasteiger partial charge in [-0.2, -0.15) is 0 Å². The number of hydrogen-bond acceptors (Lipinski definition) is 3. The molecular weight excluding hydrogens is 190 g/mol. The molecule has 0 rings (SSSR count). The van der Waals surface area contributed by atoms with Gasteiger partial charge in [0.15, 0.2) is 0 Å². The molecule has 0 saturated heterocycles. The van der Waals surface area contributed by atoms with Crippen molar-refractivity contribution < 1.29 is 4.79 Å². The molecule has 0 aliphatic carbocycles. The first-order chi connectivity index (χ1) is 7.21. The van der Waals surface area contributed by atoms with Crippen molar-refractivity contribution in [2.75, 3.05) is 26.2 Å². The summed E-state index contributed by atoms with van der Waals surface area (Å²) in [6, 6.07) is 0. The van der Waals surface area contributed by atoms with E-state index in [-0.39, 0.29) is 5.91 Å². The predicted molar refractivity (Wildman–Crippen MR) is 63.2 cm³/mol. The van der Waals surface area contributed by atoms with Crippen molar-refractivity contribution in [1.82, 2.24) is 10.0 Å². The summed E-state index contributed by atoms with van der Waals surface area (Å²) in [6.45, 7) is 9.34. The van der Waals surface area contributed by atoms with E-state index in [0.717, 1.165) is 32.5 Å². The van der Waals surface area contributed by atoms with Gasteiger partial charge in [-0.15, -0.1) is 0 Å². The first-order valence-electron chi connectivity index (χ1n) is 5.96. The molecule has 15 heavy (non-hydrogen) atoms. The Hall–Kier alpha value is -0.610. The highest BCUT2D eigenvalue weighted by atomic mass is 16.2. The summed E-state index contributed by atoms with van der Waals surface area (Å²) in [5.41, 5.74) is 5.41. The zero-order chi connectivity index (χ0) is 11.7. The Balaban J connectivity index is 4.38. The van der Waals surface area contributed by atoms with Crippen molar-refractivity contribution in [3.05, 3.63) is 0 Å². The zero-order valence-electron chi connectivity index (χ0n) is 10.3. The van der Waals surface area contributed by atoms with Crippen molar-refractivity contribution in [1.29, 1.82) is 0 Å². The Morgan fingerprint density at radius 1 is 1.13 bits per heavy atom. The van der Waals surface area contributed by atoms with Crippen molar-refractivity contribution >= 4 is 5.91 Å². The minimum absolute atomic E-state index is 0.148. The third-order valence-corrected chi connectivity index (χ3v) is 2.27. The number of amides is 1. The van der Waals surface area contributed by atoms with Gasteiger partial charge in [0.1, 0.15) is 0 Å². The molecule has 0 aliphatic heterocycles. The van der Waals surface area contributed by atoms with Gasteiger partial charge in [0, 0.05) is 32.6 Å². The Morgan fingerprint density at radius 2 is 1.73 bits per heavy atom. The van der Waals surface area contributed by atoms with Crippen LogP contribution in [0.15, 0.2) is 0 Å². The average Bonchev–Trinajstić information content (AvgIpc) is 2.23. The van der Waals surface area contributed by atoms with E-state index in [1.807, 2.05) is 5.01 Å². The Morgan fingerprint density at radius 3 is 2.13 bits per heavy atom. The van der Waals surface area contributed by atoms with Gasteiger partial charge in [-0.3, -0.25) is 9.80 Å². The molecule has 0 saturated carbocycles. The molecule has 0 aromatic rings. The smallest absolute Gasteiger partial charge is 0.238 e. The maximum atomic E-state index is 11.8. The molecule has 0 bridgehead atoms. The third-order valence-electron chi connectivity index (χ3n) is 2.27. The fourth-order valence-corrected chi connectivity index (χ4v) is 1.60. The van der Waals surface area contributed by atoms with E-state index in [9.17, 15) is 4.79 Å². The lowest BCUT2D eigenvalue weighted by Crippen LogP contribution is -2.47. The van der Waals surface area contributed by atoms with Crippen molar-refractivity contribution in [3.63, 3.8) is 0 Å². The van der Waals surface area contributed by atoms with Gasteiger partial charge in [0.25, 0.3) is 0 Å². The summed E-state index contributed by atoms with van der Waals surface area (Å²) in [7, 11) is 0. The molecule has 0 unspecified atom stereocenters. The SMILES string of the molecule is CCCN(CC)N(CCC)C(=O)CCN. The quantitative estimate of drug-likeness (QED) is 0.619. The van der Waals surface area contributed by atoms with Crippen LogP contribution >= 0.6 is 0 Å². The molecule has 0 aliphatic rings. The number of rotatable bonds is 8. The maximum Gasteiger partial charge on any atom is 0.238 e. The standard InChI is InChI=1S/C11H25N3O/c1-4-9-13(6-3)14(10-5-2)11(15)7-8-12/h4-10,12H2,1-3H3. The summed E-state index contributed by atoms with van der Waals surface area (Å²) < 4.78 is 0. The molecule has 0 fully saturated rings. The number of hydrogen-bond donors (Lipinski definition) is 1. The molecule has 0 aromatic heterocycles. The Kier molecular flexibility index (Phi) is 8.33. The molecule has 0 heterocycles. The first-order valence-corrected chi connectivity index (χ1v) is 5.96. The predicted octanol–water partition coefficient (Wildman–Crippen LogP) is 1.22. The van der Waals surface area contributed by atoms with Crippen molar-refractivity contribution in [3.8, 4) is 0 Å². The second-order valence-electron chi connectivity index (χ2n) is 3.60. The number of carbonyl (C=O) groups is 1. The van der Waals surface area contributed by atoms with E-state index >= 15 is 0 Å². The molecule has 0 atom stereocenters. The Bertz CT molecular complexity index is 173. The zero-order valence-corrected chi connectivity index (χ0v) is 10.3. The van der Waals surface area contributed by atoms with Crippen LogP contribution in [0.5, 0.6) is 0 Å². The van der Waals surface area contributed by atoms with Gasteiger partial charge in [0.2, 0.25) is 5.91 Å². The van der Waals surface area contributed by atoms with Gasteiger partial charge >= 0.3 is 0 Å². The van der Waals surface area contributed by atoms with Crippen LogP contribution in [-0.4, -0.2) is 42.1 Å². The van der Waals surface area contributed by atoms with E-state index in [4.69, 9.17) is 5.73 Å². The summed E-state index contributed by atoms with van der Waals surface area (Å²) in [5.74, 6) is 0.148. The van der Waals surface area contributed by atoms with Crippen LogP contribution in [0.1, 0.15) is 40.0 Å². The van der Waals surface area contributed by atoms with Gasteiger partial charge in [0.05, 0.1) is 0 Å². The molecule has 4 heteroatoms. The Labute approximate surface area is 93.4 Å². The van der Waals surface area contributed by atoms with Crippen molar-refractivity contribution in [2.24, 2.45) is 5.73 Å². The van der Waals surface area contributed by atoms with Gasteiger partial charge in [-0.25, -0.2) is 5.01 Å². The van der Waals surface area contributed by atoms with E-state index in [1.54, 1.807) is 0 Å². The van der Waals surface area contributed by atoms with Crippen LogP contribution in [0.25, 0.3) is 0 Å². The fourth-order valence-electron chi connectivity index (χ4n) is 1.60. The highest BCUT2D eigenvalue weighted by molar-refractivity contribution is 5.75. The van der Waals surface area contributed by atoms with Gasteiger partial charge < -0.3 is 5.73 Å². The highest BCUT2D eigenvalue weighted by Crippen LogP contribution is 2.03. The average molecular weight is 215 g/mol. The van der Waals surface area contributed by atoms with Crippen molar-refractivity contribution in [2.45, 2.75) is 40.0 Å². The number of carbonyl (C=O) groups excluding carboxylic acids is 1. The molecule has 1 amide bonds. The monoisotopic (exact) mass is 215 g/mol. The molecule has 90 valence electrons.